The minimum atomic E-state index is -0.597. The van der Waals surface area contributed by atoms with E-state index in [2.05, 4.69) is 20.6 Å². The lowest BCUT2D eigenvalue weighted by molar-refractivity contribution is -0.112. The number of hydrogen-bond donors (Lipinski definition) is 3. The van der Waals surface area contributed by atoms with Gasteiger partial charge < -0.3 is 21.1 Å². The van der Waals surface area contributed by atoms with Crippen molar-refractivity contribution in [1.29, 1.82) is 0 Å². The highest BCUT2D eigenvalue weighted by Crippen LogP contribution is 2.25. The molecule has 4 N–H and O–H groups in total. The molecule has 2 amide bonds. The lowest BCUT2D eigenvalue weighted by atomic mass is 10.0. The number of ether oxygens (including phenoxy) is 1. The van der Waals surface area contributed by atoms with Gasteiger partial charge in [-0.25, -0.2) is 4.98 Å². The zero-order chi connectivity index (χ0) is 19.0. The Kier molecular flexibility index (Phi) is 4.19. The Bertz CT molecular complexity index is 972. The van der Waals surface area contributed by atoms with Crippen molar-refractivity contribution in [2.45, 2.75) is 19.3 Å². The molecule has 3 heterocycles. The van der Waals surface area contributed by atoms with Crippen LogP contribution in [0, 0.1) is 0 Å². The van der Waals surface area contributed by atoms with E-state index < -0.39 is 11.7 Å². The monoisotopic (exact) mass is 367 g/mol. The fourth-order valence-electron chi connectivity index (χ4n) is 3.13. The summed E-state index contributed by atoms with van der Waals surface area (Å²) in [7, 11) is 0. The molecule has 0 atom stereocenters. The first-order valence-corrected chi connectivity index (χ1v) is 8.59. The molecule has 138 valence electrons. The first kappa shape index (κ1) is 17.0. The van der Waals surface area contributed by atoms with Gasteiger partial charge in [0.15, 0.2) is 0 Å². The number of rotatable bonds is 4. The second-order valence-electron chi connectivity index (χ2n) is 6.33. The number of Topliss-reactive ketones (excluding diaryl/α,β-unsaturated/α-hetero) is 1. The minimum absolute atomic E-state index is 0.0992. The lowest BCUT2D eigenvalue weighted by Gasteiger charge is -2.09. The molecule has 2 aromatic rings. The summed E-state index contributed by atoms with van der Waals surface area (Å²) < 4.78 is 5.49. The van der Waals surface area contributed by atoms with Crippen molar-refractivity contribution in [3.05, 3.63) is 40.7 Å². The number of nitrogens with two attached hydrogens (primary N) is 1. The third-order valence-electron chi connectivity index (χ3n) is 4.45. The lowest BCUT2D eigenvalue weighted by Crippen LogP contribution is -2.25. The zero-order valence-corrected chi connectivity index (χ0v) is 14.4. The summed E-state index contributed by atoms with van der Waals surface area (Å²) in [5, 5.41) is 5.20. The van der Waals surface area contributed by atoms with Gasteiger partial charge in [-0.1, -0.05) is 6.07 Å². The van der Waals surface area contributed by atoms with Crippen LogP contribution in [0.2, 0.25) is 0 Å². The molecule has 0 fully saturated rings. The number of ketones is 1. The summed E-state index contributed by atoms with van der Waals surface area (Å²) in [6.45, 7) is 0.711. The number of benzene rings is 1. The maximum Gasteiger partial charge on any atom is 0.296 e. The molecule has 27 heavy (non-hydrogen) atoms. The van der Waals surface area contributed by atoms with Crippen molar-refractivity contribution in [1.82, 2.24) is 15.3 Å². The van der Waals surface area contributed by atoms with Crippen molar-refractivity contribution >= 4 is 29.1 Å². The quantitative estimate of drug-likeness (QED) is 0.669. The highest BCUT2D eigenvalue weighted by atomic mass is 16.5. The van der Waals surface area contributed by atoms with Crippen LogP contribution in [0.5, 0.6) is 5.88 Å². The van der Waals surface area contributed by atoms with E-state index >= 15 is 0 Å². The number of carbonyl (C=O) groups is 3. The molecule has 1 aromatic carbocycles. The third-order valence-corrected chi connectivity index (χ3v) is 4.45. The number of anilines is 2. The normalized spacial score (nSPS) is 15.3. The van der Waals surface area contributed by atoms with E-state index in [4.69, 9.17) is 10.5 Å². The van der Waals surface area contributed by atoms with Crippen LogP contribution in [-0.2, 0) is 17.6 Å². The van der Waals surface area contributed by atoms with Gasteiger partial charge >= 0.3 is 0 Å². The largest absolute Gasteiger partial charge is 0.475 e. The summed E-state index contributed by atoms with van der Waals surface area (Å²) in [4.78, 5) is 43.7. The predicted molar refractivity (Wildman–Crippen MR) is 95.7 cm³/mol. The summed E-state index contributed by atoms with van der Waals surface area (Å²) in [6.07, 6.45) is 1.92. The van der Waals surface area contributed by atoms with Gasteiger partial charge in [0.05, 0.1) is 17.8 Å². The SMILES string of the molecule is Nc1nc(CCCc2ccc3c(c2)C(=O)C(=O)N3)nc2c1C(=O)NCCO2. The van der Waals surface area contributed by atoms with Crippen molar-refractivity contribution in [2.24, 2.45) is 0 Å². The fourth-order valence-corrected chi connectivity index (χ4v) is 3.13. The minimum Gasteiger partial charge on any atom is -0.475 e. The van der Waals surface area contributed by atoms with Crippen LogP contribution in [0.4, 0.5) is 11.5 Å². The standard InChI is InChI=1S/C18H17N5O4/c19-15-13-16(25)20-6-7-27-18(13)23-12(22-15)3-1-2-9-4-5-11-10(8-9)14(24)17(26)21-11/h4-5,8H,1-3,6-7H2,(H,20,25)(H2,19,22,23)(H,21,24,26). The molecule has 0 radical (unpaired) electrons. The molecule has 0 unspecified atom stereocenters. The number of fused-ring (bicyclic) bond motifs is 2. The molecule has 0 aliphatic carbocycles. The third kappa shape index (κ3) is 3.19. The Morgan fingerprint density at radius 3 is 2.81 bits per heavy atom. The second kappa shape index (κ2) is 6.67. The second-order valence-corrected chi connectivity index (χ2v) is 6.33. The highest BCUT2D eigenvalue weighted by molar-refractivity contribution is 6.51. The highest BCUT2D eigenvalue weighted by Gasteiger charge is 2.28. The zero-order valence-electron chi connectivity index (χ0n) is 14.4. The van der Waals surface area contributed by atoms with Crippen molar-refractivity contribution in [2.75, 3.05) is 24.2 Å². The van der Waals surface area contributed by atoms with Crippen molar-refractivity contribution < 1.29 is 19.1 Å². The van der Waals surface area contributed by atoms with Gasteiger partial charge in [-0.15, -0.1) is 0 Å². The number of amides is 2. The molecule has 0 saturated heterocycles. The molecule has 4 rings (SSSR count). The van der Waals surface area contributed by atoms with Crippen LogP contribution in [0.25, 0.3) is 0 Å². The van der Waals surface area contributed by atoms with E-state index in [1.165, 1.54) is 0 Å². The maximum atomic E-state index is 12.0. The number of aromatic nitrogens is 2. The van der Waals surface area contributed by atoms with Gasteiger partial charge in [0.25, 0.3) is 17.6 Å². The van der Waals surface area contributed by atoms with Gasteiger partial charge in [0.2, 0.25) is 5.88 Å². The van der Waals surface area contributed by atoms with E-state index in [1.807, 2.05) is 6.07 Å². The Balaban J connectivity index is 1.45. The number of carbonyl (C=O) groups excluding carboxylic acids is 3. The Morgan fingerprint density at radius 2 is 1.96 bits per heavy atom. The molecule has 0 saturated carbocycles. The average Bonchev–Trinajstić information content (AvgIpc) is 2.80. The fraction of sp³-hybridized carbons (Fsp3) is 0.278. The van der Waals surface area contributed by atoms with E-state index in [1.54, 1.807) is 12.1 Å². The molecular weight excluding hydrogens is 350 g/mol. The number of hydrogen-bond acceptors (Lipinski definition) is 7. The smallest absolute Gasteiger partial charge is 0.296 e. The van der Waals surface area contributed by atoms with Crippen molar-refractivity contribution in [3.8, 4) is 5.88 Å². The molecule has 0 spiro atoms. The summed E-state index contributed by atoms with van der Waals surface area (Å²) in [5.41, 5.74) is 7.97. The molecule has 9 nitrogen and oxygen atoms in total. The van der Waals surface area contributed by atoms with E-state index in [0.29, 0.717) is 49.5 Å². The molecule has 0 bridgehead atoms. The Morgan fingerprint density at radius 1 is 1.11 bits per heavy atom. The number of nitrogens with one attached hydrogen (secondary N) is 2. The van der Waals surface area contributed by atoms with Gasteiger partial charge in [0, 0.05) is 6.42 Å². The van der Waals surface area contributed by atoms with Crippen LogP contribution in [0.3, 0.4) is 0 Å². The topological polar surface area (TPSA) is 136 Å². The summed E-state index contributed by atoms with van der Waals surface area (Å²) in [6, 6.07) is 5.34. The molecule has 2 aliphatic heterocycles. The molecular formula is C18H17N5O4. The summed E-state index contributed by atoms with van der Waals surface area (Å²) in [5.74, 6) is -0.640. The summed E-state index contributed by atoms with van der Waals surface area (Å²) >= 11 is 0. The van der Waals surface area contributed by atoms with Crippen LogP contribution >= 0.6 is 0 Å². The van der Waals surface area contributed by atoms with Crippen LogP contribution in [-0.4, -0.2) is 40.7 Å². The van der Waals surface area contributed by atoms with Gasteiger partial charge in [-0.05, 0) is 30.5 Å². The van der Waals surface area contributed by atoms with Crippen LogP contribution in [0.1, 0.15) is 38.5 Å². The van der Waals surface area contributed by atoms with Crippen LogP contribution in [0.15, 0.2) is 18.2 Å². The van der Waals surface area contributed by atoms with E-state index in [9.17, 15) is 14.4 Å². The first-order chi connectivity index (χ1) is 13.0. The number of nitrogen functional groups attached to an aromatic ring is 1. The molecule has 9 heteroatoms. The first-order valence-electron chi connectivity index (χ1n) is 8.59. The Hall–Kier alpha value is -3.49. The Labute approximate surface area is 154 Å². The average molecular weight is 367 g/mol. The van der Waals surface area contributed by atoms with Crippen molar-refractivity contribution in [3.63, 3.8) is 0 Å². The van der Waals surface area contributed by atoms with E-state index in [0.717, 1.165) is 5.56 Å². The van der Waals surface area contributed by atoms with Gasteiger partial charge in [-0.3, -0.25) is 14.4 Å². The molecule has 1 aromatic heterocycles. The predicted octanol–water partition coefficient (Wildman–Crippen LogP) is 0.491. The number of aryl methyl sites for hydroxylation is 2. The van der Waals surface area contributed by atoms with Gasteiger partial charge in [0.1, 0.15) is 23.8 Å². The van der Waals surface area contributed by atoms with Gasteiger partial charge in [-0.2, -0.15) is 4.98 Å². The maximum absolute atomic E-state index is 12.0. The van der Waals surface area contributed by atoms with Crippen LogP contribution < -0.4 is 21.1 Å². The number of nitrogens with zero attached hydrogens (tertiary/aromatic N) is 2. The molecule has 2 aliphatic rings. The van der Waals surface area contributed by atoms with E-state index in [-0.39, 0.29) is 23.2 Å².